The Labute approximate surface area is 198 Å². The molecule has 0 aliphatic rings. The van der Waals surface area contributed by atoms with Gasteiger partial charge in [0, 0.05) is 13.3 Å². The van der Waals surface area contributed by atoms with Crippen molar-refractivity contribution in [3.63, 3.8) is 0 Å². The van der Waals surface area contributed by atoms with E-state index in [4.69, 9.17) is 4.74 Å². The molecule has 5 nitrogen and oxygen atoms in total. The molecule has 0 heterocycles. The van der Waals surface area contributed by atoms with Crippen LogP contribution in [0, 0.1) is 0 Å². The van der Waals surface area contributed by atoms with Gasteiger partial charge in [0.05, 0.1) is 21.1 Å². The van der Waals surface area contributed by atoms with E-state index >= 15 is 0 Å². The number of esters is 1. The van der Waals surface area contributed by atoms with Gasteiger partial charge in [0.2, 0.25) is 0 Å². The second-order valence-electron chi connectivity index (χ2n) is 10.5. The van der Waals surface area contributed by atoms with Gasteiger partial charge in [-0.3, -0.25) is 14.4 Å². The van der Waals surface area contributed by atoms with Gasteiger partial charge in [-0.15, -0.1) is 0 Å². The molecule has 0 saturated heterocycles. The molecule has 0 aromatic carbocycles. The molecule has 0 fully saturated rings. The fraction of sp³-hybridized carbons (Fsp3) is 0.889. The molecule has 5 heteroatoms. The molecule has 0 radical (unpaired) electrons. The first-order valence-electron chi connectivity index (χ1n) is 13.1. The summed E-state index contributed by atoms with van der Waals surface area (Å²) in [6, 6.07) is 0. The summed E-state index contributed by atoms with van der Waals surface area (Å²) in [5, 5.41) is 0. The molecule has 1 unspecified atom stereocenters. The molecule has 188 valence electrons. The Hall–Kier alpha value is -1.23. The van der Waals surface area contributed by atoms with E-state index in [1.54, 1.807) is 0 Å². The monoisotopic (exact) mass is 454 g/mol. The maximum Gasteiger partial charge on any atom is 0.304 e. The smallest absolute Gasteiger partial charge is 0.304 e. The number of ether oxygens (including phenoxy) is 1. The van der Waals surface area contributed by atoms with Gasteiger partial charge in [0.1, 0.15) is 6.54 Å². The third-order valence-corrected chi connectivity index (χ3v) is 6.04. The average molecular weight is 455 g/mol. The van der Waals surface area contributed by atoms with E-state index in [-0.39, 0.29) is 24.5 Å². The first-order chi connectivity index (χ1) is 15.0. The summed E-state index contributed by atoms with van der Waals surface area (Å²) in [6.45, 7) is 5.04. The maximum absolute atomic E-state index is 12.9. The van der Waals surface area contributed by atoms with Crippen molar-refractivity contribution in [2.24, 2.45) is 0 Å². The lowest BCUT2D eigenvalue weighted by Crippen LogP contribution is -2.60. The fourth-order valence-corrected chi connectivity index (χ4v) is 4.33. The lowest BCUT2D eigenvalue weighted by atomic mass is 9.88. The lowest BCUT2D eigenvalue weighted by Gasteiger charge is -2.35. The van der Waals surface area contributed by atoms with Crippen molar-refractivity contribution in [2.75, 3.05) is 27.7 Å². The highest BCUT2D eigenvalue weighted by Crippen LogP contribution is 2.22. The highest BCUT2D eigenvalue weighted by atomic mass is 16.6. The number of unbranched alkanes of at least 4 members (excludes halogenated alkanes) is 14. The summed E-state index contributed by atoms with van der Waals surface area (Å²) in [5.41, 5.74) is -1.65. The molecular weight excluding hydrogens is 402 g/mol. The Morgan fingerprint density at radius 2 is 1.03 bits per heavy atom. The Morgan fingerprint density at radius 3 is 1.34 bits per heavy atom. The number of nitrogens with zero attached hydrogens (tertiary/aromatic N) is 1. The van der Waals surface area contributed by atoms with E-state index in [9.17, 15) is 14.4 Å². The van der Waals surface area contributed by atoms with Crippen LogP contribution in [-0.2, 0) is 19.1 Å². The zero-order chi connectivity index (χ0) is 24.5. The standard InChI is InChI=1S/C27H52NO4/c1-7-8-9-10-11-12-13-14-15-16-17-18-19-20-21-22-26(31)27(24(2)29,32-25(3)30)23-28(4,5)6/h7-23H2,1-6H3/q+1. The minimum Gasteiger partial charge on any atom is -0.437 e. The molecule has 0 aromatic heterocycles. The SMILES string of the molecule is CCCCCCCCCCCCCCCCCC(=O)C(C[N+](C)(C)C)(OC(C)=O)C(C)=O. The van der Waals surface area contributed by atoms with E-state index in [1.807, 2.05) is 21.1 Å². The topological polar surface area (TPSA) is 60.4 Å². The summed E-state index contributed by atoms with van der Waals surface area (Å²) >= 11 is 0. The third-order valence-electron chi connectivity index (χ3n) is 6.04. The van der Waals surface area contributed by atoms with Crippen LogP contribution in [0.1, 0.15) is 124 Å². The molecule has 0 rings (SSSR count). The lowest BCUT2D eigenvalue weighted by molar-refractivity contribution is -0.874. The minimum absolute atomic E-state index is 0.166. The van der Waals surface area contributed by atoms with Crippen molar-refractivity contribution in [2.45, 2.75) is 129 Å². The zero-order valence-corrected chi connectivity index (χ0v) is 22.1. The van der Waals surface area contributed by atoms with Crippen molar-refractivity contribution >= 4 is 17.5 Å². The number of likely N-dealkylation sites (N-methyl/N-ethyl adjacent to an activating group) is 1. The van der Waals surface area contributed by atoms with Crippen LogP contribution in [0.5, 0.6) is 0 Å². The van der Waals surface area contributed by atoms with E-state index in [0.29, 0.717) is 4.48 Å². The van der Waals surface area contributed by atoms with E-state index in [1.165, 1.54) is 90.9 Å². The number of quaternary nitrogens is 1. The molecule has 0 amide bonds. The first-order valence-corrected chi connectivity index (χ1v) is 13.1. The molecule has 0 bridgehead atoms. The predicted octanol–water partition coefficient (Wildman–Crippen LogP) is 6.41. The van der Waals surface area contributed by atoms with Crippen LogP contribution in [0.15, 0.2) is 0 Å². The van der Waals surface area contributed by atoms with Crippen LogP contribution in [0.25, 0.3) is 0 Å². The molecule has 0 aliphatic carbocycles. The molecular formula is C27H52NO4+. The number of carbonyl (C=O) groups is 3. The number of ketones is 2. The Balaban J connectivity index is 4.04. The van der Waals surface area contributed by atoms with Gasteiger partial charge < -0.3 is 9.22 Å². The highest BCUT2D eigenvalue weighted by Gasteiger charge is 2.50. The molecule has 1 atom stereocenters. The second-order valence-corrected chi connectivity index (χ2v) is 10.5. The first kappa shape index (κ1) is 30.8. The van der Waals surface area contributed by atoms with Gasteiger partial charge in [0.25, 0.3) is 5.60 Å². The number of hydrogen-bond acceptors (Lipinski definition) is 4. The number of rotatable bonds is 21. The van der Waals surface area contributed by atoms with Crippen LogP contribution in [0.2, 0.25) is 0 Å². The maximum atomic E-state index is 12.9. The molecule has 0 saturated carbocycles. The molecule has 0 N–H and O–H groups in total. The fourth-order valence-electron chi connectivity index (χ4n) is 4.33. The molecule has 32 heavy (non-hydrogen) atoms. The normalized spacial score (nSPS) is 13.6. The predicted molar refractivity (Wildman–Crippen MR) is 133 cm³/mol. The second kappa shape index (κ2) is 17.3. The van der Waals surface area contributed by atoms with Gasteiger partial charge >= 0.3 is 5.97 Å². The van der Waals surface area contributed by atoms with Gasteiger partial charge in [-0.25, -0.2) is 0 Å². The summed E-state index contributed by atoms with van der Waals surface area (Å²) in [5.74, 6) is -1.23. The van der Waals surface area contributed by atoms with Crippen molar-refractivity contribution in [1.29, 1.82) is 0 Å². The molecule has 0 spiro atoms. The van der Waals surface area contributed by atoms with Gasteiger partial charge in [-0.2, -0.15) is 0 Å². The largest absolute Gasteiger partial charge is 0.437 e. The number of carbonyl (C=O) groups excluding carboxylic acids is 3. The summed E-state index contributed by atoms with van der Waals surface area (Å²) in [4.78, 5) is 37.0. The summed E-state index contributed by atoms with van der Waals surface area (Å²) in [7, 11) is 5.67. The van der Waals surface area contributed by atoms with Gasteiger partial charge in [-0.1, -0.05) is 96.8 Å². The molecule has 0 aliphatic heterocycles. The van der Waals surface area contributed by atoms with Crippen molar-refractivity contribution < 1.29 is 23.6 Å². The van der Waals surface area contributed by atoms with E-state index in [2.05, 4.69) is 6.92 Å². The van der Waals surface area contributed by atoms with Crippen molar-refractivity contribution in [1.82, 2.24) is 0 Å². The van der Waals surface area contributed by atoms with Crippen LogP contribution in [-0.4, -0.2) is 55.3 Å². The highest BCUT2D eigenvalue weighted by molar-refractivity contribution is 6.10. The zero-order valence-electron chi connectivity index (χ0n) is 22.1. The van der Waals surface area contributed by atoms with Crippen molar-refractivity contribution in [3.05, 3.63) is 0 Å². The van der Waals surface area contributed by atoms with Crippen LogP contribution < -0.4 is 0 Å². The van der Waals surface area contributed by atoms with Crippen molar-refractivity contribution in [3.8, 4) is 0 Å². The van der Waals surface area contributed by atoms with E-state index in [0.717, 1.165) is 19.3 Å². The Kier molecular flexibility index (Phi) is 16.6. The number of hydrogen-bond donors (Lipinski definition) is 0. The van der Waals surface area contributed by atoms with Crippen LogP contribution in [0.3, 0.4) is 0 Å². The van der Waals surface area contributed by atoms with E-state index < -0.39 is 11.6 Å². The quantitative estimate of drug-likeness (QED) is 0.0869. The van der Waals surface area contributed by atoms with Gasteiger partial charge in [0.15, 0.2) is 11.6 Å². The minimum atomic E-state index is -1.65. The van der Waals surface area contributed by atoms with Crippen LogP contribution in [0.4, 0.5) is 0 Å². The third kappa shape index (κ3) is 14.8. The summed E-state index contributed by atoms with van der Waals surface area (Å²) < 4.78 is 5.73. The Morgan fingerprint density at radius 1 is 0.656 bits per heavy atom. The average Bonchev–Trinajstić information content (AvgIpc) is 2.68. The Bertz CT molecular complexity index is 538. The van der Waals surface area contributed by atoms with Gasteiger partial charge in [-0.05, 0) is 13.3 Å². The number of Topliss-reactive ketones (excluding diaryl/α,β-unsaturated/α-hetero) is 2. The molecule has 0 aromatic rings. The van der Waals surface area contributed by atoms with Crippen LogP contribution >= 0.6 is 0 Å². The summed E-state index contributed by atoms with van der Waals surface area (Å²) in [6.07, 6.45) is 19.2.